The van der Waals surface area contributed by atoms with Crippen molar-refractivity contribution >= 4 is 16.3 Å². The van der Waals surface area contributed by atoms with Gasteiger partial charge in [-0.15, -0.1) is 10.2 Å². The maximum Gasteiger partial charge on any atom is 0.234 e. The van der Waals surface area contributed by atoms with E-state index in [1.807, 2.05) is 18.2 Å². The van der Waals surface area contributed by atoms with Crippen LogP contribution in [-0.4, -0.2) is 40.1 Å². The molecule has 0 amide bonds. The molecule has 1 aliphatic rings. The summed E-state index contributed by atoms with van der Waals surface area (Å²) >= 11 is 1.53. The number of nitrogens with zero attached hydrogens (tertiary/aromatic N) is 4. The summed E-state index contributed by atoms with van der Waals surface area (Å²) in [7, 11) is 1.63. The summed E-state index contributed by atoms with van der Waals surface area (Å²) in [6.45, 7) is 1.59. The van der Waals surface area contributed by atoms with Crippen LogP contribution in [0.4, 0.5) is 0 Å². The molecule has 1 aromatic carbocycles. The number of rotatable bonds is 4. The van der Waals surface area contributed by atoms with Gasteiger partial charge >= 0.3 is 0 Å². The van der Waals surface area contributed by atoms with Crippen molar-refractivity contribution in [3.8, 4) is 11.5 Å². The Hall–Kier alpha value is -2.19. The number of ether oxygens (including phenoxy) is 3. The second kappa shape index (κ2) is 5.54. The normalized spacial score (nSPS) is 13.7. The Morgan fingerprint density at radius 1 is 1.23 bits per heavy atom. The van der Waals surface area contributed by atoms with Crippen molar-refractivity contribution in [2.75, 3.05) is 20.3 Å². The first-order valence-electron chi connectivity index (χ1n) is 6.91. The van der Waals surface area contributed by atoms with Crippen LogP contribution in [0.2, 0.25) is 0 Å². The summed E-state index contributed by atoms with van der Waals surface area (Å²) in [6.07, 6.45) is 0.719. The van der Waals surface area contributed by atoms with Crippen molar-refractivity contribution in [1.29, 1.82) is 0 Å². The minimum absolute atomic E-state index is 0.397. The summed E-state index contributed by atoms with van der Waals surface area (Å²) in [5.41, 5.74) is 1.13. The first-order valence-corrected chi connectivity index (χ1v) is 7.72. The predicted molar refractivity (Wildman–Crippen MR) is 79.6 cm³/mol. The molecular weight excluding hydrogens is 304 g/mol. The Balaban J connectivity index is 1.60. The second-order valence-corrected chi connectivity index (χ2v) is 5.93. The molecule has 0 spiro atoms. The van der Waals surface area contributed by atoms with Gasteiger partial charge in [0.2, 0.25) is 4.96 Å². The van der Waals surface area contributed by atoms with Gasteiger partial charge in [0.1, 0.15) is 24.8 Å². The highest BCUT2D eigenvalue weighted by Crippen LogP contribution is 2.31. The Labute approximate surface area is 130 Å². The van der Waals surface area contributed by atoms with Crippen LogP contribution in [0.15, 0.2) is 18.2 Å². The lowest BCUT2D eigenvalue weighted by Gasteiger charge is -2.18. The zero-order valence-corrected chi connectivity index (χ0v) is 12.8. The van der Waals surface area contributed by atoms with Gasteiger partial charge in [-0.3, -0.25) is 0 Å². The van der Waals surface area contributed by atoms with Gasteiger partial charge in [0.05, 0.1) is 0 Å². The molecule has 0 saturated carbocycles. The van der Waals surface area contributed by atoms with Gasteiger partial charge in [-0.05, 0) is 17.7 Å². The number of hydrogen-bond acceptors (Lipinski definition) is 7. The van der Waals surface area contributed by atoms with E-state index in [2.05, 4.69) is 15.3 Å². The molecule has 7 nitrogen and oxygen atoms in total. The zero-order valence-electron chi connectivity index (χ0n) is 12.0. The molecule has 2 aromatic heterocycles. The summed E-state index contributed by atoms with van der Waals surface area (Å²) in [5.74, 6) is 2.31. The van der Waals surface area contributed by atoms with Crippen molar-refractivity contribution < 1.29 is 14.2 Å². The number of hydrogen-bond donors (Lipinski definition) is 0. The third-order valence-corrected chi connectivity index (χ3v) is 4.23. The molecular formula is C14H14N4O3S. The largest absolute Gasteiger partial charge is 0.486 e. The molecule has 0 fully saturated rings. The first-order chi connectivity index (χ1) is 10.8. The van der Waals surface area contributed by atoms with Gasteiger partial charge in [0.15, 0.2) is 17.3 Å². The third-order valence-electron chi connectivity index (χ3n) is 3.33. The number of methoxy groups -OCH3 is 1. The summed E-state index contributed by atoms with van der Waals surface area (Å²) in [5, 5.41) is 13.7. The molecule has 0 aliphatic carbocycles. The topological polar surface area (TPSA) is 70.8 Å². The van der Waals surface area contributed by atoms with E-state index in [1.54, 1.807) is 11.6 Å². The van der Waals surface area contributed by atoms with E-state index in [4.69, 9.17) is 14.2 Å². The van der Waals surface area contributed by atoms with Gasteiger partial charge in [-0.1, -0.05) is 17.4 Å². The van der Waals surface area contributed by atoms with Gasteiger partial charge in [-0.2, -0.15) is 9.61 Å². The van der Waals surface area contributed by atoms with Crippen molar-refractivity contribution in [3.05, 3.63) is 34.6 Å². The molecule has 1 aliphatic heterocycles. The lowest BCUT2D eigenvalue weighted by atomic mass is 10.1. The summed E-state index contributed by atoms with van der Waals surface area (Å²) in [6, 6.07) is 5.99. The average Bonchev–Trinajstić information content (AvgIpc) is 3.09. The van der Waals surface area contributed by atoms with Crippen LogP contribution in [0.5, 0.6) is 11.5 Å². The number of fused-ring (bicyclic) bond motifs is 2. The molecule has 0 saturated heterocycles. The molecule has 3 aromatic rings. The van der Waals surface area contributed by atoms with Crippen LogP contribution >= 0.6 is 11.3 Å². The van der Waals surface area contributed by atoms with Crippen molar-refractivity contribution in [1.82, 2.24) is 19.8 Å². The van der Waals surface area contributed by atoms with Crippen molar-refractivity contribution in [3.63, 3.8) is 0 Å². The van der Waals surface area contributed by atoms with Crippen LogP contribution < -0.4 is 9.47 Å². The first kappa shape index (κ1) is 13.5. The lowest BCUT2D eigenvalue weighted by Crippen LogP contribution is -2.15. The molecule has 0 unspecified atom stereocenters. The lowest BCUT2D eigenvalue weighted by molar-refractivity contribution is 0.171. The Kier molecular flexibility index (Phi) is 3.39. The van der Waals surface area contributed by atoms with E-state index in [9.17, 15) is 0 Å². The maximum atomic E-state index is 5.61. The maximum absolute atomic E-state index is 5.61. The monoisotopic (exact) mass is 318 g/mol. The van der Waals surface area contributed by atoms with Crippen LogP contribution in [0.1, 0.15) is 16.4 Å². The highest BCUT2D eigenvalue weighted by molar-refractivity contribution is 7.16. The Bertz CT molecular complexity index is 814. The summed E-state index contributed by atoms with van der Waals surface area (Å²) < 4.78 is 18.0. The van der Waals surface area contributed by atoms with Gasteiger partial charge < -0.3 is 14.2 Å². The minimum Gasteiger partial charge on any atom is -0.486 e. The highest BCUT2D eigenvalue weighted by Gasteiger charge is 2.15. The number of benzene rings is 1. The molecule has 114 valence electrons. The molecule has 8 heteroatoms. The quantitative estimate of drug-likeness (QED) is 0.729. The SMILES string of the molecule is COCc1nnc2sc(Cc3ccc4c(c3)OCCO4)nn12. The number of aromatic nitrogens is 4. The van der Waals surface area contributed by atoms with Gasteiger partial charge in [0, 0.05) is 13.5 Å². The standard InChI is InChI=1S/C14H14N4O3S/c1-19-8-12-15-16-14-18(12)17-13(22-14)7-9-2-3-10-11(6-9)21-5-4-20-10/h2-3,6H,4-5,7-8H2,1H3. The van der Waals surface area contributed by atoms with Crippen LogP contribution in [0.25, 0.3) is 4.96 Å². The van der Waals surface area contributed by atoms with Crippen molar-refractivity contribution in [2.45, 2.75) is 13.0 Å². The van der Waals surface area contributed by atoms with Gasteiger partial charge in [-0.25, -0.2) is 0 Å². The van der Waals surface area contributed by atoms with E-state index in [-0.39, 0.29) is 0 Å². The second-order valence-electron chi connectivity index (χ2n) is 4.89. The molecule has 22 heavy (non-hydrogen) atoms. The van der Waals surface area contributed by atoms with Crippen molar-refractivity contribution in [2.24, 2.45) is 0 Å². The molecule has 3 heterocycles. The van der Waals surface area contributed by atoms with Crippen LogP contribution in [0, 0.1) is 0 Å². The Morgan fingerprint density at radius 3 is 2.95 bits per heavy atom. The fourth-order valence-corrected chi connectivity index (χ4v) is 3.25. The van der Waals surface area contributed by atoms with Gasteiger partial charge in [0.25, 0.3) is 0 Å². The van der Waals surface area contributed by atoms with E-state index >= 15 is 0 Å². The predicted octanol–water partition coefficient (Wildman–Crippen LogP) is 1.69. The highest BCUT2D eigenvalue weighted by atomic mass is 32.1. The fourth-order valence-electron chi connectivity index (χ4n) is 2.36. The van der Waals surface area contributed by atoms with E-state index in [0.717, 1.165) is 33.5 Å². The molecule has 0 radical (unpaired) electrons. The van der Waals surface area contributed by atoms with Crippen LogP contribution in [-0.2, 0) is 17.8 Å². The smallest absolute Gasteiger partial charge is 0.234 e. The molecule has 0 atom stereocenters. The average molecular weight is 318 g/mol. The van der Waals surface area contributed by atoms with E-state index in [0.29, 0.717) is 25.6 Å². The van der Waals surface area contributed by atoms with E-state index in [1.165, 1.54) is 11.3 Å². The molecule has 0 N–H and O–H groups in total. The molecule has 0 bridgehead atoms. The zero-order chi connectivity index (χ0) is 14.9. The van der Waals surface area contributed by atoms with Crippen LogP contribution in [0.3, 0.4) is 0 Å². The van der Waals surface area contributed by atoms with E-state index < -0.39 is 0 Å². The third kappa shape index (κ3) is 2.40. The minimum atomic E-state index is 0.397. The summed E-state index contributed by atoms with van der Waals surface area (Å²) in [4.78, 5) is 0.777. The Morgan fingerprint density at radius 2 is 2.09 bits per heavy atom. The fraction of sp³-hybridized carbons (Fsp3) is 0.357. The molecule has 4 rings (SSSR count).